The van der Waals surface area contributed by atoms with E-state index in [4.69, 9.17) is 5.11 Å². The number of hydrogen-bond donors (Lipinski definition) is 1. The van der Waals surface area contributed by atoms with Crippen molar-refractivity contribution in [2.24, 2.45) is 17.8 Å². The third-order valence-electron chi connectivity index (χ3n) is 4.03. The average molecular weight is 195 g/mol. The average Bonchev–Trinajstić information content (AvgIpc) is 3.02. The summed E-state index contributed by atoms with van der Waals surface area (Å²) in [6, 6.07) is 0.361. The van der Waals surface area contributed by atoms with Crippen molar-refractivity contribution in [2.75, 3.05) is 13.1 Å². The number of carboxylic acid groups (broad SMARTS) is 1. The van der Waals surface area contributed by atoms with Gasteiger partial charge in [0, 0.05) is 19.1 Å². The molecule has 0 amide bonds. The van der Waals surface area contributed by atoms with Crippen molar-refractivity contribution >= 4 is 5.97 Å². The van der Waals surface area contributed by atoms with E-state index in [1.54, 1.807) is 0 Å². The number of rotatable bonds is 4. The van der Waals surface area contributed by atoms with E-state index in [2.05, 4.69) is 4.90 Å². The van der Waals surface area contributed by atoms with Crippen molar-refractivity contribution in [1.82, 2.24) is 4.90 Å². The lowest BCUT2D eigenvalue weighted by atomic mass is 10.1. The van der Waals surface area contributed by atoms with Gasteiger partial charge in [-0.25, -0.2) is 0 Å². The van der Waals surface area contributed by atoms with E-state index in [0.717, 1.165) is 11.8 Å². The van der Waals surface area contributed by atoms with Crippen LogP contribution in [0.3, 0.4) is 0 Å². The standard InChI is InChI=1S/C11H17NO2/c13-11(14)4-10(7-1-2-7)12-5-8-3-9(8)6-12/h7-10H,1-6H2,(H,13,14). The molecule has 3 unspecified atom stereocenters. The molecule has 0 radical (unpaired) electrons. The van der Waals surface area contributed by atoms with E-state index < -0.39 is 5.97 Å². The van der Waals surface area contributed by atoms with Gasteiger partial charge in [-0.05, 0) is 37.0 Å². The predicted molar refractivity (Wildman–Crippen MR) is 51.9 cm³/mol. The Morgan fingerprint density at radius 1 is 1.36 bits per heavy atom. The first-order valence-corrected chi connectivity index (χ1v) is 5.70. The van der Waals surface area contributed by atoms with Crippen LogP contribution in [0.5, 0.6) is 0 Å². The molecule has 3 heteroatoms. The SMILES string of the molecule is O=C(O)CC(C1CC1)N1CC2CC2C1. The van der Waals surface area contributed by atoms with Gasteiger partial charge in [-0.1, -0.05) is 0 Å². The lowest BCUT2D eigenvalue weighted by Gasteiger charge is -2.27. The minimum absolute atomic E-state index is 0.361. The van der Waals surface area contributed by atoms with Gasteiger partial charge in [0.25, 0.3) is 0 Å². The normalized spacial score (nSPS) is 38.0. The van der Waals surface area contributed by atoms with Gasteiger partial charge < -0.3 is 5.11 Å². The van der Waals surface area contributed by atoms with Crippen LogP contribution in [0, 0.1) is 17.8 Å². The van der Waals surface area contributed by atoms with E-state index in [-0.39, 0.29) is 0 Å². The maximum Gasteiger partial charge on any atom is 0.304 e. The van der Waals surface area contributed by atoms with Crippen LogP contribution in [0.2, 0.25) is 0 Å². The number of likely N-dealkylation sites (tertiary alicyclic amines) is 1. The van der Waals surface area contributed by atoms with Gasteiger partial charge in [0.1, 0.15) is 0 Å². The van der Waals surface area contributed by atoms with E-state index in [1.807, 2.05) is 0 Å². The van der Waals surface area contributed by atoms with Crippen LogP contribution in [0.25, 0.3) is 0 Å². The van der Waals surface area contributed by atoms with E-state index in [0.29, 0.717) is 18.4 Å². The monoisotopic (exact) mass is 195 g/mol. The van der Waals surface area contributed by atoms with Gasteiger partial charge in [0.15, 0.2) is 0 Å². The Morgan fingerprint density at radius 3 is 2.50 bits per heavy atom. The zero-order valence-electron chi connectivity index (χ0n) is 8.35. The summed E-state index contributed by atoms with van der Waals surface area (Å²) in [5.41, 5.74) is 0. The van der Waals surface area contributed by atoms with Gasteiger partial charge >= 0.3 is 5.97 Å². The zero-order chi connectivity index (χ0) is 9.71. The molecule has 3 fully saturated rings. The summed E-state index contributed by atoms with van der Waals surface area (Å²) >= 11 is 0. The first kappa shape index (κ1) is 8.72. The molecule has 0 aromatic rings. The molecule has 1 N–H and O–H groups in total. The smallest absolute Gasteiger partial charge is 0.304 e. The van der Waals surface area contributed by atoms with E-state index in [1.165, 1.54) is 32.4 Å². The maximum absolute atomic E-state index is 10.8. The van der Waals surface area contributed by atoms with Crippen LogP contribution in [0.4, 0.5) is 0 Å². The summed E-state index contributed by atoms with van der Waals surface area (Å²) in [4.78, 5) is 13.2. The highest BCUT2D eigenvalue weighted by atomic mass is 16.4. The minimum atomic E-state index is -0.623. The molecule has 3 nitrogen and oxygen atoms in total. The van der Waals surface area contributed by atoms with E-state index >= 15 is 0 Å². The third kappa shape index (κ3) is 1.54. The maximum atomic E-state index is 10.8. The molecule has 2 saturated carbocycles. The highest BCUT2D eigenvalue weighted by Crippen LogP contribution is 2.48. The molecule has 0 aromatic heterocycles. The van der Waals surface area contributed by atoms with E-state index in [9.17, 15) is 4.79 Å². The topological polar surface area (TPSA) is 40.5 Å². The number of carboxylic acids is 1. The first-order chi connectivity index (χ1) is 6.74. The Kier molecular flexibility index (Phi) is 1.84. The Balaban J connectivity index is 1.62. The van der Waals surface area contributed by atoms with Crippen LogP contribution >= 0.6 is 0 Å². The van der Waals surface area contributed by atoms with Crippen molar-refractivity contribution < 1.29 is 9.90 Å². The molecule has 3 rings (SSSR count). The molecule has 0 spiro atoms. The van der Waals surface area contributed by atoms with Crippen LogP contribution in [0.15, 0.2) is 0 Å². The largest absolute Gasteiger partial charge is 0.481 e. The second kappa shape index (κ2) is 2.96. The summed E-state index contributed by atoms with van der Waals surface area (Å²) in [5, 5.41) is 8.87. The highest BCUT2D eigenvalue weighted by Gasteiger charge is 2.49. The highest BCUT2D eigenvalue weighted by molar-refractivity contribution is 5.67. The summed E-state index contributed by atoms with van der Waals surface area (Å²) in [5.74, 6) is 1.92. The number of hydrogen-bond acceptors (Lipinski definition) is 2. The lowest BCUT2D eigenvalue weighted by molar-refractivity contribution is -0.138. The fourth-order valence-corrected chi connectivity index (χ4v) is 2.96. The molecule has 0 bridgehead atoms. The summed E-state index contributed by atoms with van der Waals surface area (Å²) in [6.07, 6.45) is 4.28. The fourth-order valence-electron chi connectivity index (χ4n) is 2.96. The number of carbonyl (C=O) groups is 1. The van der Waals surface area contributed by atoms with Crippen molar-refractivity contribution in [3.63, 3.8) is 0 Å². The second-order valence-corrected chi connectivity index (χ2v) is 5.21. The Hall–Kier alpha value is -0.570. The molecule has 1 aliphatic heterocycles. The van der Waals surface area contributed by atoms with Gasteiger partial charge in [-0.3, -0.25) is 9.69 Å². The quantitative estimate of drug-likeness (QED) is 0.732. The van der Waals surface area contributed by atoms with Crippen LogP contribution in [0.1, 0.15) is 25.7 Å². The van der Waals surface area contributed by atoms with Crippen molar-refractivity contribution in [2.45, 2.75) is 31.7 Å². The fraction of sp³-hybridized carbons (Fsp3) is 0.909. The summed E-state index contributed by atoms with van der Waals surface area (Å²) in [7, 11) is 0. The van der Waals surface area contributed by atoms with Crippen LogP contribution < -0.4 is 0 Å². The van der Waals surface area contributed by atoms with Crippen molar-refractivity contribution in [3.05, 3.63) is 0 Å². The molecular weight excluding hydrogens is 178 g/mol. The minimum Gasteiger partial charge on any atom is -0.481 e. The van der Waals surface area contributed by atoms with Gasteiger partial charge in [-0.15, -0.1) is 0 Å². The lowest BCUT2D eigenvalue weighted by Crippen LogP contribution is -2.38. The molecule has 2 aliphatic carbocycles. The molecule has 3 aliphatic rings. The van der Waals surface area contributed by atoms with Crippen LogP contribution in [-0.2, 0) is 4.79 Å². The second-order valence-electron chi connectivity index (χ2n) is 5.21. The molecule has 14 heavy (non-hydrogen) atoms. The number of piperidine rings is 1. The molecule has 0 aromatic carbocycles. The summed E-state index contributed by atoms with van der Waals surface area (Å²) < 4.78 is 0. The Bertz CT molecular complexity index is 252. The predicted octanol–water partition coefficient (Wildman–Crippen LogP) is 1.19. The zero-order valence-corrected chi connectivity index (χ0v) is 8.35. The summed E-state index contributed by atoms with van der Waals surface area (Å²) in [6.45, 7) is 2.36. The number of nitrogens with zero attached hydrogens (tertiary/aromatic N) is 1. The van der Waals surface area contributed by atoms with Crippen molar-refractivity contribution in [1.29, 1.82) is 0 Å². The molecule has 1 saturated heterocycles. The molecular formula is C11H17NO2. The molecule has 1 heterocycles. The third-order valence-corrected chi connectivity index (χ3v) is 4.03. The van der Waals surface area contributed by atoms with Crippen molar-refractivity contribution in [3.8, 4) is 0 Å². The molecule has 3 atom stereocenters. The molecule has 78 valence electrons. The number of aliphatic carboxylic acids is 1. The van der Waals surface area contributed by atoms with Crippen LogP contribution in [-0.4, -0.2) is 35.1 Å². The van der Waals surface area contributed by atoms with Gasteiger partial charge in [0.2, 0.25) is 0 Å². The Labute approximate surface area is 84.1 Å². The first-order valence-electron chi connectivity index (χ1n) is 5.70. The van der Waals surface area contributed by atoms with Gasteiger partial charge in [0.05, 0.1) is 6.42 Å². The van der Waals surface area contributed by atoms with Gasteiger partial charge in [-0.2, -0.15) is 0 Å². The number of fused-ring (bicyclic) bond motifs is 1. The Morgan fingerprint density at radius 2 is 2.00 bits per heavy atom.